The highest BCUT2D eigenvalue weighted by Gasteiger charge is 2.14. The maximum absolute atomic E-state index is 13.8. The Hall–Kier alpha value is -4.47. The molecule has 0 saturated heterocycles. The van der Waals surface area contributed by atoms with E-state index in [1.54, 1.807) is 0 Å². The minimum absolute atomic E-state index is 0.0786. The number of aromatic nitrogens is 2. The molecule has 0 unspecified atom stereocenters. The predicted molar refractivity (Wildman–Crippen MR) is 113 cm³/mol. The summed E-state index contributed by atoms with van der Waals surface area (Å²) in [7, 11) is 0. The van der Waals surface area contributed by atoms with Crippen LogP contribution >= 0.6 is 0 Å². The Morgan fingerprint density at radius 2 is 1.67 bits per heavy atom. The van der Waals surface area contributed by atoms with Crippen molar-refractivity contribution in [2.24, 2.45) is 5.10 Å². The number of aromatic carboxylic acids is 1. The maximum atomic E-state index is 13.8. The Morgan fingerprint density at radius 1 is 0.939 bits per heavy atom. The molecular weight excluding hydrogens is 440 g/mol. The molecule has 0 amide bonds. The molecule has 0 bridgehead atoms. The van der Waals surface area contributed by atoms with Gasteiger partial charge in [0.05, 0.1) is 23.2 Å². The lowest BCUT2D eigenvalue weighted by Crippen LogP contribution is -1.99. The van der Waals surface area contributed by atoms with Gasteiger partial charge in [0.1, 0.15) is 17.3 Å². The van der Waals surface area contributed by atoms with Crippen molar-refractivity contribution in [3.05, 3.63) is 101 Å². The van der Waals surface area contributed by atoms with Gasteiger partial charge in [-0.15, -0.1) is 0 Å². The Bertz CT molecular complexity index is 1370. The first-order valence-electron chi connectivity index (χ1n) is 9.45. The topological polar surface area (TPSA) is 79.5 Å². The third-order valence-electron chi connectivity index (χ3n) is 4.63. The van der Waals surface area contributed by atoms with Gasteiger partial charge in [-0.05, 0) is 54.6 Å². The number of rotatable bonds is 6. The zero-order valence-electron chi connectivity index (χ0n) is 16.6. The number of carboxylic acids is 1. The second kappa shape index (κ2) is 8.95. The van der Waals surface area contributed by atoms with Crippen molar-refractivity contribution >= 4 is 17.9 Å². The maximum Gasteiger partial charge on any atom is 0.335 e. The zero-order valence-corrected chi connectivity index (χ0v) is 16.6. The van der Waals surface area contributed by atoms with Crippen molar-refractivity contribution in [1.29, 1.82) is 0 Å². The van der Waals surface area contributed by atoms with Gasteiger partial charge in [-0.25, -0.2) is 27.0 Å². The summed E-state index contributed by atoms with van der Waals surface area (Å²) >= 11 is 0. The van der Waals surface area contributed by atoms with E-state index in [1.165, 1.54) is 47.4 Å². The minimum atomic E-state index is -1.09. The van der Waals surface area contributed by atoms with Gasteiger partial charge < -0.3 is 5.11 Å². The first kappa shape index (κ1) is 21.8. The average molecular weight is 454 g/mol. The minimum Gasteiger partial charge on any atom is -0.478 e. The number of nitrogens with one attached hydrogen (secondary N) is 1. The van der Waals surface area contributed by atoms with Crippen molar-refractivity contribution in [2.75, 3.05) is 5.43 Å². The molecule has 4 aromatic rings. The molecule has 166 valence electrons. The number of carbonyl (C=O) groups is 1. The van der Waals surface area contributed by atoms with Crippen molar-refractivity contribution < 1.29 is 27.5 Å². The van der Waals surface area contributed by atoms with E-state index in [9.17, 15) is 22.4 Å². The lowest BCUT2D eigenvalue weighted by molar-refractivity contribution is 0.0697. The molecular formula is C23H14F4N4O2. The Labute approximate surface area is 184 Å². The van der Waals surface area contributed by atoms with Gasteiger partial charge in [-0.1, -0.05) is 0 Å². The molecule has 4 rings (SSSR count). The van der Waals surface area contributed by atoms with E-state index < -0.39 is 29.2 Å². The van der Waals surface area contributed by atoms with Crippen LogP contribution in [0, 0.1) is 23.3 Å². The van der Waals surface area contributed by atoms with E-state index in [2.05, 4.69) is 15.6 Å². The van der Waals surface area contributed by atoms with Crippen LogP contribution in [0.25, 0.3) is 16.9 Å². The van der Waals surface area contributed by atoms with Gasteiger partial charge >= 0.3 is 5.97 Å². The summed E-state index contributed by atoms with van der Waals surface area (Å²) in [6, 6.07) is 11.9. The second-order valence-corrected chi connectivity index (χ2v) is 6.85. The van der Waals surface area contributed by atoms with Gasteiger partial charge in [0.25, 0.3) is 0 Å². The van der Waals surface area contributed by atoms with Gasteiger partial charge in [0.15, 0.2) is 11.6 Å². The largest absolute Gasteiger partial charge is 0.478 e. The summed E-state index contributed by atoms with van der Waals surface area (Å²) in [5, 5.41) is 17.3. The Balaban J connectivity index is 1.72. The molecule has 2 N–H and O–H groups in total. The number of hydrogen-bond acceptors (Lipinski definition) is 4. The molecule has 1 heterocycles. The number of benzene rings is 3. The van der Waals surface area contributed by atoms with Crippen LogP contribution in [-0.2, 0) is 0 Å². The van der Waals surface area contributed by atoms with E-state index in [4.69, 9.17) is 5.11 Å². The SMILES string of the molecule is O=C(O)c1ccc(-n2cc(/C=N/Nc3cc(F)ccc3F)c(-c3ccc(F)c(F)c3)n2)cc1. The molecule has 0 aliphatic carbocycles. The molecule has 3 aromatic carbocycles. The summed E-state index contributed by atoms with van der Waals surface area (Å²) in [5.41, 5.74) is 3.57. The van der Waals surface area contributed by atoms with Gasteiger partial charge in [0.2, 0.25) is 0 Å². The fraction of sp³-hybridized carbons (Fsp3) is 0. The standard InChI is InChI=1S/C23H14F4N4O2/c24-16-4-8-19(26)21(10-16)29-28-11-15-12-31(17-5-1-13(2-6-17)23(32)33)30-22(15)14-3-7-18(25)20(27)9-14/h1-12,29H,(H,32,33)/b28-11+. The van der Waals surface area contributed by atoms with Crippen molar-refractivity contribution in [1.82, 2.24) is 9.78 Å². The highest BCUT2D eigenvalue weighted by molar-refractivity contribution is 5.89. The van der Waals surface area contributed by atoms with Crippen LogP contribution in [-0.4, -0.2) is 27.1 Å². The molecule has 10 heteroatoms. The first-order valence-corrected chi connectivity index (χ1v) is 9.45. The number of carboxylic acid groups (broad SMARTS) is 1. The quantitative estimate of drug-likeness (QED) is 0.237. The summed E-state index contributed by atoms with van der Waals surface area (Å²) in [6.45, 7) is 0. The smallest absolute Gasteiger partial charge is 0.335 e. The van der Waals surface area contributed by atoms with Crippen LogP contribution in [0.1, 0.15) is 15.9 Å². The molecule has 0 fully saturated rings. The molecule has 6 nitrogen and oxygen atoms in total. The van der Waals surface area contributed by atoms with E-state index in [-0.39, 0.29) is 22.5 Å². The molecule has 0 saturated carbocycles. The third-order valence-corrected chi connectivity index (χ3v) is 4.63. The zero-order chi connectivity index (χ0) is 23.5. The third kappa shape index (κ3) is 4.74. The lowest BCUT2D eigenvalue weighted by Gasteiger charge is -2.03. The average Bonchev–Trinajstić information content (AvgIpc) is 3.22. The molecule has 0 spiro atoms. The van der Waals surface area contributed by atoms with E-state index in [0.717, 1.165) is 30.3 Å². The van der Waals surface area contributed by atoms with E-state index >= 15 is 0 Å². The summed E-state index contributed by atoms with van der Waals surface area (Å²) in [4.78, 5) is 11.1. The van der Waals surface area contributed by atoms with Crippen LogP contribution in [0.4, 0.5) is 23.2 Å². The fourth-order valence-corrected chi connectivity index (χ4v) is 2.99. The number of nitrogens with zero attached hydrogens (tertiary/aromatic N) is 3. The predicted octanol–water partition coefficient (Wildman–Crippen LogP) is 5.24. The highest BCUT2D eigenvalue weighted by Crippen LogP contribution is 2.25. The first-order chi connectivity index (χ1) is 15.8. The van der Waals surface area contributed by atoms with Crippen LogP contribution in [0.5, 0.6) is 0 Å². The summed E-state index contributed by atoms with van der Waals surface area (Å²) < 4.78 is 55.8. The molecule has 0 aliphatic heterocycles. The monoisotopic (exact) mass is 454 g/mol. The van der Waals surface area contributed by atoms with Crippen molar-refractivity contribution in [2.45, 2.75) is 0 Å². The van der Waals surface area contributed by atoms with Crippen molar-refractivity contribution in [3.63, 3.8) is 0 Å². The molecule has 0 atom stereocenters. The number of hydrazone groups is 1. The molecule has 0 radical (unpaired) electrons. The van der Waals surface area contributed by atoms with Crippen LogP contribution in [0.2, 0.25) is 0 Å². The van der Waals surface area contributed by atoms with Crippen molar-refractivity contribution in [3.8, 4) is 16.9 Å². The van der Waals surface area contributed by atoms with E-state index in [0.29, 0.717) is 11.3 Å². The summed E-state index contributed by atoms with van der Waals surface area (Å²) in [5.74, 6) is -4.57. The molecule has 33 heavy (non-hydrogen) atoms. The molecule has 1 aromatic heterocycles. The second-order valence-electron chi connectivity index (χ2n) is 6.85. The number of halogens is 4. The van der Waals surface area contributed by atoms with Gasteiger partial charge in [-0.3, -0.25) is 5.43 Å². The van der Waals surface area contributed by atoms with Crippen LogP contribution in [0.3, 0.4) is 0 Å². The normalized spacial score (nSPS) is 11.2. The number of hydrogen-bond donors (Lipinski definition) is 2. The van der Waals surface area contributed by atoms with E-state index in [1.807, 2.05) is 0 Å². The fourth-order valence-electron chi connectivity index (χ4n) is 2.99. The summed E-state index contributed by atoms with van der Waals surface area (Å²) in [6.07, 6.45) is 2.77. The number of anilines is 1. The molecule has 0 aliphatic rings. The lowest BCUT2D eigenvalue weighted by atomic mass is 10.1. The Kier molecular flexibility index (Phi) is 5.90. The van der Waals surface area contributed by atoms with Crippen LogP contribution in [0.15, 0.2) is 72.0 Å². The van der Waals surface area contributed by atoms with Gasteiger partial charge in [-0.2, -0.15) is 10.2 Å². The highest BCUT2D eigenvalue weighted by atomic mass is 19.2. The Morgan fingerprint density at radius 3 is 2.36 bits per heavy atom. The van der Waals surface area contributed by atoms with Gasteiger partial charge in [0, 0.05) is 23.4 Å². The van der Waals surface area contributed by atoms with Crippen LogP contribution < -0.4 is 5.43 Å².